The van der Waals surface area contributed by atoms with E-state index in [2.05, 4.69) is 0 Å². The molecule has 0 spiro atoms. The number of hydrogen-bond donors (Lipinski definition) is 0. The Hall–Kier alpha value is -2.83. The first-order chi connectivity index (χ1) is 12.1. The Morgan fingerprint density at radius 3 is 1.85 bits per heavy atom. The third kappa shape index (κ3) is 5.61. The summed E-state index contributed by atoms with van der Waals surface area (Å²) in [7, 11) is 0. The molecule has 1 atom stereocenters. The summed E-state index contributed by atoms with van der Waals surface area (Å²) in [6, 6.07) is 10.6. The second kappa shape index (κ2) is 8.03. The van der Waals surface area contributed by atoms with Crippen molar-refractivity contribution in [1.82, 2.24) is 0 Å². The van der Waals surface area contributed by atoms with Gasteiger partial charge in [0, 0.05) is 0 Å². The van der Waals surface area contributed by atoms with Crippen molar-refractivity contribution in [2.24, 2.45) is 0 Å². The third-order valence-corrected chi connectivity index (χ3v) is 3.43. The van der Waals surface area contributed by atoms with Crippen molar-refractivity contribution in [1.29, 1.82) is 0 Å². The minimum atomic E-state index is -4.39. The number of ketones is 2. The number of hydrogen-bond acceptors (Lipinski definition) is 4. The summed E-state index contributed by atoms with van der Waals surface area (Å²) in [5.41, 5.74) is -0.752. The highest BCUT2D eigenvalue weighted by atomic mass is 19.4. The standard InChI is InChI=1S/C19H17F3O4/c1-12(23)11-18(24)13(2)25-15-7-9-17(10-8-15)26-16-5-3-14(4-6-16)19(20,21)22/h3-10,13H,11H2,1-2H3. The Balaban J connectivity index is 1.97. The molecule has 0 aliphatic rings. The summed E-state index contributed by atoms with van der Waals surface area (Å²) in [5.74, 6) is 0.527. The van der Waals surface area contributed by atoms with Crippen LogP contribution in [-0.4, -0.2) is 17.7 Å². The van der Waals surface area contributed by atoms with Crippen molar-refractivity contribution in [3.05, 3.63) is 54.1 Å². The molecule has 0 N–H and O–H groups in total. The Labute approximate surface area is 148 Å². The van der Waals surface area contributed by atoms with Crippen molar-refractivity contribution in [3.63, 3.8) is 0 Å². The molecule has 1 unspecified atom stereocenters. The topological polar surface area (TPSA) is 52.6 Å². The molecule has 138 valence electrons. The first kappa shape index (κ1) is 19.5. The monoisotopic (exact) mass is 366 g/mol. The normalized spacial score (nSPS) is 12.3. The van der Waals surface area contributed by atoms with E-state index in [1.165, 1.54) is 19.1 Å². The van der Waals surface area contributed by atoms with Gasteiger partial charge in [0.15, 0.2) is 11.9 Å². The van der Waals surface area contributed by atoms with E-state index in [0.29, 0.717) is 11.5 Å². The molecule has 2 rings (SSSR count). The highest BCUT2D eigenvalue weighted by Gasteiger charge is 2.30. The number of benzene rings is 2. The van der Waals surface area contributed by atoms with Gasteiger partial charge in [-0.15, -0.1) is 0 Å². The largest absolute Gasteiger partial charge is 0.483 e. The summed E-state index contributed by atoms with van der Waals surface area (Å²) in [5, 5.41) is 0. The average molecular weight is 366 g/mol. The lowest BCUT2D eigenvalue weighted by molar-refractivity contribution is -0.137. The molecule has 0 saturated carbocycles. The van der Waals surface area contributed by atoms with Crippen LogP contribution < -0.4 is 9.47 Å². The Morgan fingerprint density at radius 2 is 1.38 bits per heavy atom. The number of carbonyl (C=O) groups excluding carboxylic acids is 2. The molecule has 0 aliphatic carbocycles. The number of carbonyl (C=O) groups is 2. The molecule has 26 heavy (non-hydrogen) atoms. The lowest BCUT2D eigenvalue weighted by Crippen LogP contribution is -2.25. The van der Waals surface area contributed by atoms with Crippen LogP contribution in [0.5, 0.6) is 17.2 Å². The van der Waals surface area contributed by atoms with Gasteiger partial charge in [-0.05, 0) is 62.4 Å². The zero-order valence-corrected chi connectivity index (χ0v) is 14.2. The van der Waals surface area contributed by atoms with E-state index in [-0.39, 0.29) is 23.7 Å². The fourth-order valence-corrected chi connectivity index (χ4v) is 2.09. The molecule has 0 heterocycles. The second-order valence-corrected chi connectivity index (χ2v) is 5.70. The van der Waals surface area contributed by atoms with Crippen molar-refractivity contribution in [2.75, 3.05) is 0 Å². The van der Waals surface area contributed by atoms with Crippen LogP contribution in [0, 0.1) is 0 Å². The molecular formula is C19H17F3O4. The van der Waals surface area contributed by atoms with Crippen LogP contribution in [0.2, 0.25) is 0 Å². The highest BCUT2D eigenvalue weighted by Crippen LogP contribution is 2.31. The van der Waals surface area contributed by atoms with Gasteiger partial charge >= 0.3 is 6.18 Å². The van der Waals surface area contributed by atoms with Crippen LogP contribution in [0.25, 0.3) is 0 Å². The van der Waals surface area contributed by atoms with Crippen molar-refractivity contribution >= 4 is 11.6 Å². The average Bonchev–Trinajstić information content (AvgIpc) is 2.55. The molecule has 0 saturated heterocycles. The SMILES string of the molecule is CC(=O)CC(=O)C(C)Oc1ccc(Oc2ccc(C(F)(F)F)cc2)cc1. The predicted octanol–water partition coefficient (Wildman–Crippen LogP) is 4.81. The smallest absolute Gasteiger partial charge is 0.416 e. The van der Waals surface area contributed by atoms with Crippen LogP contribution >= 0.6 is 0 Å². The molecule has 0 fully saturated rings. The lowest BCUT2D eigenvalue weighted by atomic mass is 10.1. The molecule has 0 aliphatic heterocycles. The maximum atomic E-state index is 12.5. The number of alkyl halides is 3. The number of rotatable bonds is 7. The number of Topliss-reactive ketones (excluding diaryl/α,β-unsaturated/α-hetero) is 2. The summed E-state index contributed by atoms with van der Waals surface area (Å²) < 4.78 is 48.5. The van der Waals surface area contributed by atoms with Crippen molar-refractivity contribution in [3.8, 4) is 17.2 Å². The second-order valence-electron chi connectivity index (χ2n) is 5.70. The van der Waals surface area contributed by atoms with E-state index in [1.807, 2.05) is 0 Å². The molecule has 2 aromatic rings. The van der Waals surface area contributed by atoms with Crippen molar-refractivity contribution < 1.29 is 32.2 Å². The summed E-state index contributed by atoms with van der Waals surface area (Å²) >= 11 is 0. The predicted molar refractivity (Wildman–Crippen MR) is 88.4 cm³/mol. The molecule has 0 bridgehead atoms. The van der Waals surface area contributed by atoms with Gasteiger partial charge in [0.25, 0.3) is 0 Å². The van der Waals surface area contributed by atoms with Crippen LogP contribution in [-0.2, 0) is 15.8 Å². The van der Waals surface area contributed by atoms with Gasteiger partial charge in [-0.25, -0.2) is 0 Å². The maximum Gasteiger partial charge on any atom is 0.416 e. The molecule has 0 aromatic heterocycles. The van der Waals surface area contributed by atoms with Crippen LogP contribution in [0.1, 0.15) is 25.8 Å². The fourth-order valence-electron chi connectivity index (χ4n) is 2.09. The first-order valence-electron chi connectivity index (χ1n) is 7.79. The number of ether oxygens (including phenoxy) is 2. The Kier molecular flexibility index (Phi) is 6.02. The van der Waals surface area contributed by atoms with Gasteiger partial charge in [-0.2, -0.15) is 13.2 Å². The van der Waals surface area contributed by atoms with Crippen LogP contribution in [0.15, 0.2) is 48.5 Å². The minimum Gasteiger partial charge on any atom is -0.483 e. The van der Waals surface area contributed by atoms with E-state index >= 15 is 0 Å². The van der Waals surface area contributed by atoms with Gasteiger partial charge in [-0.3, -0.25) is 9.59 Å². The van der Waals surface area contributed by atoms with Crippen LogP contribution in [0.3, 0.4) is 0 Å². The van der Waals surface area contributed by atoms with E-state index < -0.39 is 17.8 Å². The van der Waals surface area contributed by atoms with Crippen molar-refractivity contribution in [2.45, 2.75) is 32.5 Å². The first-order valence-corrected chi connectivity index (χ1v) is 7.79. The molecule has 4 nitrogen and oxygen atoms in total. The summed E-state index contributed by atoms with van der Waals surface area (Å²) in [6.07, 6.45) is -5.34. The van der Waals surface area contributed by atoms with E-state index in [1.54, 1.807) is 31.2 Å². The van der Waals surface area contributed by atoms with E-state index in [4.69, 9.17) is 9.47 Å². The zero-order chi connectivity index (χ0) is 19.3. The third-order valence-electron chi connectivity index (χ3n) is 3.43. The maximum absolute atomic E-state index is 12.5. The van der Waals surface area contributed by atoms with Gasteiger partial charge < -0.3 is 9.47 Å². The van der Waals surface area contributed by atoms with Gasteiger partial charge in [0.05, 0.1) is 12.0 Å². The lowest BCUT2D eigenvalue weighted by Gasteiger charge is -2.13. The molecule has 0 amide bonds. The Bertz CT molecular complexity index is 765. The molecular weight excluding hydrogens is 349 g/mol. The molecule has 7 heteroatoms. The Morgan fingerprint density at radius 1 is 0.923 bits per heavy atom. The summed E-state index contributed by atoms with van der Waals surface area (Å²) in [6.45, 7) is 2.88. The highest BCUT2D eigenvalue weighted by molar-refractivity contribution is 6.00. The van der Waals surface area contributed by atoms with Gasteiger partial charge in [-0.1, -0.05) is 0 Å². The van der Waals surface area contributed by atoms with E-state index in [9.17, 15) is 22.8 Å². The molecule has 2 aromatic carbocycles. The minimum absolute atomic E-state index is 0.184. The fraction of sp³-hybridized carbons (Fsp3) is 0.263. The molecule has 0 radical (unpaired) electrons. The van der Waals surface area contributed by atoms with E-state index in [0.717, 1.165) is 12.1 Å². The zero-order valence-electron chi connectivity index (χ0n) is 14.2. The van der Waals surface area contributed by atoms with Gasteiger partial charge in [0.2, 0.25) is 0 Å². The number of halogens is 3. The summed E-state index contributed by atoms with van der Waals surface area (Å²) in [4.78, 5) is 22.7. The quantitative estimate of drug-likeness (QED) is 0.660. The van der Waals surface area contributed by atoms with Crippen LogP contribution in [0.4, 0.5) is 13.2 Å². The van der Waals surface area contributed by atoms with Gasteiger partial charge in [0.1, 0.15) is 23.0 Å².